The Morgan fingerprint density at radius 3 is 1.50 bits per heavy atom. The first-order valence-electron chi connectivity index (χ1n) is 19.2. The van der Waals surface area contributed by atoms with E-state index in [1.807, 2.05) is 6.07 Å². The predicted octanol–water partition coefficient (Wildman–Crippen LogP) is 12.7. The number of benzene rings is 6. The van der Waals surface area contributed by atoms with Gasteiger partial charge >= 0.3 is 26.2 Å². The summed E-state index contributed by atoms with van der Waals surface area (Å²) in [6.45, 7) is 13.3. The molecule has 8 aromatic rings. The van der Waals surface area contributed by atoms with Gasteiger partial charge in [0.1, 0.15) is 0 Å². The van der Waals surface area contributed by atoms with Crippen LogP contribution in [0.1, 0.15) is 60.1 Å². The summed E-state index contributed by atoms with van der Waals surface area (Å²) in [5.41, 5.74) is 16.6. The Kier molecular flexibility index (Phi) is 13.0. The average Bonchev–Trinajstić information content (AvgIpc) is 3.89. The molecule has 265 valence electrons. The predicted molar refractivity (Wildman–Crippen MR) is 233 cm³/mol. The zero-order chi connectivity index (χ0) is 36.9. The molecule has 0 bridgehead atoms. The molecule has 0 atom stereocenters. The summed E-state index contributed by atoms with van der Waals surface area (Å²) in [5.74, 6) is 0. The van der Waals surface area contributed by atoms with Crippen LogP contribution in [-0.4, -0.2) is 9.52 Å². The van der Waals surface area contributed by atoms with Crippen LogP contribution in [0.25, 0.3) is 54.9 Å². The van der Waals surface area contributed by atoms with E-state index in [4.69, 9.17) is 0 Å². The molecule has 0 N–H and O–H groups in total. The van der Waals surface area contributed by atoms with Gasteiger partial charge in [0.05, 0.1) is 9.52 Å². The molecular weight excluding hydrogens is 744 g/mol. The number of rotatable bonds is 6. The van der Waals surface area contributed by atoms with Gasteiger partial charge in [-0.1, -0.05) is 121 Å². The first-order chi connectivity index (χ1) is 25.9. The van der Waals surface area contributed by atoms with Crippen LogP contribution in [-0.2, 0) is 39.0 Å². The van der Waals surface area contributed by atoms with E-state index in [0.717, 1.165) is 9.52 Å². The van der Waals surface area contributed by atoms with Crippen molar-refractivity contribution >= 4 is 41.4 Å². The summed E-state index contributed by atoms with van der Waals surface area (Å²) in [6, 6.07) is 54.1. The number of hydrogen-bond acceptors (Lipinski definition) is 0. The summed E-state index contributed by atoms with van der Waals surface area (Å²) < 4.78 is 0. The molecule has 0 aromatic heterocycles. The molecule has 0 fully saturated rings. The fraction of sp³-hybridized carbons (Fsp3) is 0.192. The molecule has 2 heteroatoms. The van der Waals surface area contributed by atoms with Crippen molar-refractivity contribution in [1.29, 1.82) is 0 Å². The maximum atomic E-state index is 3.31. The number of hydrogen-bond donors (Lipinski definition) is 0. The summed E-state index contributed by atoms with van der Waals surface area (Å²) in [4.78, 5) is 0. The van der Waals surface area contributed by atoms with Crippen LogP contribution in [0.3, 0.4) is 0 Å². The van der Waals surface area contributed by atoms with Crippen LogP contribution in [0.15, 0.2) is 140 Å². The van der Waals surface area contributed by atoms with Gasteiger partial charge in [-0.3, -0.25) is 0 Å². The van der Waals surface area contributed by atoms with Crippen molar-refractivity contribution in [3.8, 4) is 33.4 Å². The van der Waals surface area contributed by atoms with E-state index >= 15 is 0 Å². The third-order valence-corrected chi connectivity index (χ3v) is 12.2. The molecule has 0 saturated carbocycles. The van der Waals surface area contributed by atoms with Crippen molar-refractivity contribution in [2.45, 2.75) is 67.2 Å². The van der Waals surface area contributed by atoms with Gasteiger partial charge in [0.2, 0.25) is 0 Å². The third-order valence-electron chi connectivity index (χ3n) is 10.8. The van der Waals surface area contributed by atoms with Gasteiger partial charge in [0.15, 0.2) is 0 Å². The van der Waals surface area contributed by atoms with Crippen LogP contribution >= 0.6 is 0 Å². The van der Waals surface area contributed by atoms with E-state index in [1.54, 1.807) is 0 Å². The van der Waals surface area contributed by atoms with Gasteiger partial charge in [0.25, 0.3) is 0 Å². The van der Waals surface area contributed by atoms with E-state index < -0.39 is 0 Å². The maximum Gasteiger partial charge on any atom is 3.00 e. The fourth-order valence-electron chi connectivity index (χ4n) is 7.74. The zero-order valence-corrected chi connectivity index (χ0v) is 36.1. The van der Waals surface area contributed by atoms with Gasteiger partial charge in [-0.15, -0.1) is 74.6 Å². The first kappa shape index (κ1) is 39.3. The molecule has 1 heterocycles. The molecule has 3 radical (unpaired) electrons. The number of fused-ring (bicyclic) bond motifs is 5. The normalized spacial score (nSPS) is 11.2. The van der Waals surface area contributed by atoms with Gasteiger partial charge < -0.3 is 0 Å². The first-order valence-corrected chi connectivity index (χ1v) is 20.2. The molecular formula is C52H49SiZr. The molecule has 0 saturated heterocycles. The van der Waals surface area contributed by atoms with E-state index in [0.29, 0.717) is 0 Å². The molecule has 1 aliphatic heterocycles. The standard InChI is InChI=1S/2C20H21.C12H7Si.Zr/c2*1-4-7-16-12-17-9-6-11-19(20(17)13-16)18-10-5-8-14(2)15(18)3;1-3-7-11-9(5-1)10-6-2-4-8-12(10)13-11;/h2*5-6,8-13H,4,7H2,1-3H3;1-7H;/q3*-1;+3. The largest absolute Gasteiger partial charge is 3.00 e. The average molecular weight is 793 g/mol. The minimum absolute atomic E-state index is 0. The Morgan fingerprint density at radius 1 is 0.500 bits per heavy atom. The Labute approximate surface area is 345 Å². The van der Waals surface area contributed by atoms with Crippen molar-refractivity contribution in [3.63, 3.8) is 0 Å². The second-order valence-corrected chi connectivity index (χ2v) is 15.8. The Morgan fingerprint density at radius 2 is 0.963 bits per heavy atom. The molecule has 0 unspecified atom stereocenters. The Hall–Kier alpha value is -4.36. The van der Waals surface area contributed by atoms with Crippen molar-refractivity contribution in [3.05, 3.63) is 179 Å². The molecule has 1 aliphatic rings. The minimum Gasteiger partial charge on any atom is -0.184 e. The molecule has 0 nitrogen and oxygen atoms in total. The smallest absolute Gasteiger partial charge is 0.184 e. The fourth-order valence-corrected chi connectivity index (χ4v) is 9.05. The van der Waals surface area contributed by atoms with E-state index in [9.17, 15) is 0 Å². The van der Waals surface area contributed by atoms with Crippen LogP contribution < -0.4 is 10.4 Å². The summed E-state index contributed by atoms with van der Waals surface area (Å²) in [7, 11) is 0.795. The maximum absolute atomic E-state index is 3.31. The summed E-state index contributed by atoms with van der Waals surface area (Å²) in [5, 5.41) is 8.34. The molecule has 0 spiro atoms. The second kappa shape index (κ2) is 17.9. The topological polar surface area (TPSA) is 0 Å². The van der Waals surface area contributed by atoms with Gasteiger partial charge in [0, 0.05) is 0 Å². The molecule has 54 heavy (non-hydrogen) atoms. The van der Waals surface area contributed by atoms with Gasteiger partial charge in [-0.25, -0.2) is 0 Å². The summed E-state index contributed by atoms with van der Waals surface area (Å²) in [6.07, 6.45) is 4.74. The Bertz CT molecular complexity index is 2330. The van der Waals surface area contributed by atoms with E-state index in [1.165, 1.54) is 124 Å². The van der Waals surface area contributed by atoms with E-state index in [-0.39, 0.29) is 26.2 Å². The van der Waals surface area contributed by atoms with Gasteiger partial charge in [-0.05, 0) is 73.9 Å². The molecule has 0 amide bonds. The van der Waals surface area contributed by atoms with Crippen molar-refractivity contribution in [2.75, 3.05) is 0 Å². The number of aryl methyl sites for hydroxylation is 4. The molecule has 9 rings (SSSR count). The molecule has 8 aromatic carbocycles. The summed E-state index contributed by atoms with van der Waals surface area (Å²) >= 11 is 0. The van der Waals surface area contributed by atoms with E-state index in [2.05, 4.69) is 181 Å². The van der Waals surface area contributed by atoms with Crippen molar-refractivity contribution in [1.82, 2.24) is 0 Å². The van der Waals surface area contributed by atoms with Crippen molar-refractivity contribution in [2.24, 2.45) is 0 Å². The molecule has 0 aliphatic carbocycles. The monoisotopic (exact) mass is 791 g/mol. The zero-order valence-electron chi connectivity index (χ0n) is 32.6. The SMILES string of the molecule is CCCc1cc2c(-c3cccc(C)c3C)cccc2[cH-]1.CCCc1cc2c(-c3cccc(C)c3C)cccc2[cH-]1.[Zr+3].[c-]1cccc2c1[Si]c1ccccc1-2. The third kappa shape index (κ3) is 8.31. The van der Waals surface area contributed by atoms with Crippen LogP contribution in [0.5, 0.6) is 0 Å². The van der Waals surface area contributed by atoms with Crippen LogP contribution in [0.4, 0.5) is 0 Å². The quantitative estimate of drug-likeness (QED) is 0.116. The Balaban J connectivity index is 0.000000140. The second-order valence-electron chi connectivity index (χ2n) is 14.5. The van der Waals surface area contributed by atoms with Crippen LogP contribution in [0, 0.1) is 33.8 Å². The van der Waals surface area contributed by atoms with Crippen LogP contribution in [0.2, 0.25) is 0 Å². The van der Waals surface area contributed by atoms with Gasteiger partial charge in [-0.2, -0.15) is 41.6 Å². The van der Waals surface area contributed by atoms with Crippen molar-refractivity contribution < 1.29 is 26.2 Å². The minimum atomic E-state index is 0.